The van der Waals surface area contributed by atoms with Crippen LogP contribution in [0.15, 0.2) is 18.2 Å². The fourth-order valence-electron chi connectivity index (χ4n) is 2.33. The Balaban J connectivity index is -0.000000277. The summed E-state index contributed by atoms with van der Waals surface area (Å²) in [5.41, 5.74) is 4.06. The average molecular weight is 351 g/mol. The van der Waals surface area contributed by atoms with Crippen LogP contribution in [0, 0.1) is 32.6 Å². The van der Waals surface area contributed by atoms with Crippen LogP contribution < -0.4 is 0 Å². The van der Waals surface area contributed by atoms with Crippen LogP contribution in [0.3, 0.4) is 0 Å². The Bertz CT molecular complexity index is 355. The molecule has 0 bridgehead atoms. The number of ketones is 1. The molecule has 0 saturated carbocycles. The predicted molar refractivity (Wildman–Crippen MR) is 117 cm³/mol. The lowest BCUT2D eigenvalue weighted by atomic mass is 10.0. The minimum atomic E-state index is 0.167. The maximum Gasteiger partial charge on any atom is 0.126 e. The van der Waals surface area contributed by atoms with Crippen molar-refractivity contribution >= 4 is 5.78 Å². The average Bonchev–Trinajstić information content (AvgIpc) is 2.36. The van der Waals surface area contributed by atoms with Crippen LogP contribution in [0.25, 0.3) is 0 Å². The standard InChI is InChI=1S/C9H12.C8H18.C4H10.C3H6O/c1-7-4-8(2)6-9(3)5-7;1-4-6-8(3)7-5-2;1-4(2)3;1-3(2)4/h4-6H,1-3H3;8H,4-7H2,1-3H3;4H,1-3H3;1-2H3. The Kier molecular flexibility index (Phi) is 22.0. The lowest BCUT2D eigenvalue weighted by molar-refractivity contribution is -0.114. The predicted octanol–water partition coefficient (Wildman–Crippen LogP) is 8.09. The van der Waals surface area contributed by atoms with Crippen molar-refractivity contribution in [1.82, 2.24) is 0 Å². The van der Waals surface area contributed by atoms with Gasteiger partial charge in [-0.05, 0) is 46.5 Å². The second kappa shape index (κ2) is 19.2. The first-order valence-electron chi connectivity index (χ1n) is 9.98. The van der Waals surface area contributed by atoms with Gasteiger partial charge in [0.1, 0.15) is 5.78 Å². The Labute approximate surface area is 159 Å². The van der Waals surface area contributed by atoms with Crippen molar-refractivity contribution in [3.8, 4) is 0 Å². The van der Waals surface area contributed by atoms with Crippen LogP contribution >= 0.6 is 0 Å². The quantitative estimate of drug-likeness (QED) is 0.536. The molecule has 1 nitrogen and oxygen atoms in total. The van der Waals surface area contributed by atoms with Crippen molar-refractivity contribution < 1.29 is 4.79 Å². The summed E-state index contributed by atoms with van der Waals surface area (Å²) < 4.78 is 0. The van der Waals surface area contributed by atoms with Gasteiger partial charge in [0.25, 0.3) is 0 Å². The number of rotatable bonds is 4. The number of hydrogen-bond donors (Lipinski definition) is 0. The molecular weight excluding hydrogens is 304 g/mol. The number of Topliss-reactive ketones (excluding diaryl/α,β-unsaturated/α-hetero) is 1. The zero-order valence-electron chi connectivity index (χ0n) is 19.1. The summed E-state index contributed by atoms with van der Waals surface area (Å²) in [7, 11) is 0. The molecule has 1 aromatic carbocycles. The van der Waals surface area contributed by atoms with E-state index >= 15 is 0 Å². The van der Waals surface area contributed by atoms with Crippen molar-refractivity contribution in [2.24, 2.45) is 11.8 Å². The highest BCUT2D eigenvalue weighted by Gasteiger charge is 1.95. The highest BCUT2D eigenvalue weighted by atomic mass is 16.1. The summed E-state index contributed by atoms with van der Waals surface area (Å²) in [6, 6.07) is 6.56. The molecule has 0 amide bonds. The minimum Gasteiger partial charge on any atom is -0.300 e. The van der Waals surface area contributed by atoms with Gasteiger partial charge in [0.15, 0.2) is 0 Å². The van der Waals surface area contributed by atoms with Gasteiger partial charge >= 0.3 is 0 Å². The first-order chi connectivity index (χ1) is 11.5. The van der Waals surface area contributed by atoms with Crippen molar-refractivity contribution in [1.29, 1.82) is 0 Å². The van der Waals surface area contributed by atoms with Gasteiger partial charge < -0.3 is 4.79 Å². The lowest BCUT2D eigenvalue weighted by Crippen LogP contribution is -1.91. The molecule has 0 heterocycles. The summed E-state index contributed by atoms with van der Waals surface area (Å²) in [4.78, 5) is 9.44. The summed E-state index contributed by atoms with van der Waals surface area (Å²) in [6.07, 6.45) is 5.52. The molecule has 0 aromatic heterocycles. The molecule has 0 radical (unpaired) electrons. The van der Waals surface area contributed by atoms with E-state index in [1.807, 2.05) is 0 Å². The summed E-state index contributed by atoms with van der Waals surface area (Å²) in [5.74, 6) is 1.96. The number of carbonyl (C=O) groups is 1. The van der Waals surface area contributed by atoms with Crippen LogP contribution in [0.2, 0.25) is 0 Å². The van der Waals surface area contributed by atoms with Gasteiger partial charge in [0.2, 0.25) is 0 Å². The molecule has 1 heteroatoms. The topological polar surface area (TPSA) is 17.1 Å². The molecule has 0 fully saturated rings. The van der Waals surface area contributed by atoms with E-state index in [4.69, 9.17) is 0 Å². The second-order valence-corrected chi connectivity index (χ2v) is 7.99. The normalized spacial score (nSPS) is 9.32. The molecular formula is C24H46O. The molecule has 0 spiro atoms. The molecule has 148 valence electrons. The lowest BCUT2D eigenvalue weighted by Gasteiger charge is -2.05. The van der Waals surface area contributed by atoms with Crippen LogP contribution in [0.4, 0.5) is 0 Å². The van der Waals surface area contributed by atoms with Crippen molar-refractivity contribution in [3.05, 3.63) is 34.9 Å². The Morgan fingerprint density at radius 3 is 1.12 bits per heavy atom. The van der Waals surface area contributed by atoms with Crippen LogP contribution in [0.5, 0.6) is 0 Å². The number of benzene rings is 1. The smallest absolute Gasteiger partial charge is 0.126 e. The fraction of sp³-hybridized carbons (Fsp3) is 0.708. The number of aryl methyl sites for hydroxylation is 3. The number of hydrogen-bond acceptors (Lipinski definition) is 1. The Hall–Kier alpha value is -1.11. The first-order valence-corrected chi connectivity index (χ1v) is 9.98. The maximum absolute atomic E-state index is 9.44. The zero-order valence-corrected chi connectivity index (χ0v) is 19.1. The summed E-state index contributed by atoms with van der Waals surface area (Å²) in [6.45, 7) is 22.8. The minimum absolute atomic E-state index is 0.167. The third kappa shape index (κ3) is 35.0. The highest BCUT2D eigenvalue weighted by molar-refractivity contribution is 5.72. The fourth-order valence-corrected chi connectivity index (χ4v) is 2.33. The Morgan fingerprint density at radius 2 is 0.960 bits per heavy atom. The van der Waals surface area contributed by atoms with Crippen molar-refractivity contribution in [2.45, 2.75) is 102 Å². The molecule has 1 aromatic rings. The first kappa shape index (κ1) is 28.7. The monoisotopic (exact) mass is 350 g/mol. The highest BCUT2D eigenvalue weighted by Crippen LogP contribution is 2.10. The molecule has 0 atom stereocenters. The largest absolute Gasteiger partial charge is 0.300 e. The van der Waals surface area contributed by atoms with E-state index in [1.165, 1.54) is 56.2 Å². The molecule has 1 rings (SSSR count). The van der Waals surface area contributed by atoms with Crippen LogP contribution in [-0.2, 0) is 4.79 Å². The van der Waals surface area contributed by atoms with Gasteiger partial charge in [-0.2, -0.15) is 0 Å². The molecule has 0 aliphatic heterocycles. The third-order valence-corrected chi connectivity index (χ3v) is 2.93. The van der Waals surface area contributed by atoms with E-state index < -0.39 is 0 Å². The molecule has 0 N–H and O–H groups in total. The van der Waals surface area contributed by atoms with Gasteiger partial charge in [-0.25, -0.2) is 0 Å². The number of carbonyl (C=O) groups excluding carboxylic acids is 1. The van der Waals surface area contributed by atoms with Gasteiger partial charge in [0.05, 0.1) is 0 Å². The second-order valence-electron chi connectivity index (χ2n) is 7.99. The van der Waals surface area contributed by atoms with E-state index in [-0.39, 0.29) is 5.78 Å². The van der Waals surface area contributed by atoms with E-state index in [0.29, 0.717) is 0 Å². The van der Waals surface area contributed by atoms with E-state index in [1.54, 1.807) is 0 Å². The molecule has 0 saturated heterocycles. The van der Waals surface area contributed by atoms with Gasteiger partial charge in [-0.3, -0.25) is 0 Å². The van der Waals surface area contributed by atoms with Crippen molar-refractivity contribution in [2.75, 3.05) is 0 Å². The SMILES string of the molecule is CC(C)=O.CC(C)C.CCCC(C)CCC.Cc1cc(C)cc(C)c1. The van der Waals surface area contributed by atoms with Gasteiger partial charge in [0, 0.05) is 0 Å². The van der Waals surface area contributed by atoms with E-state index in [2.05, 4.69) is 80.5 Å². The van der Waals surface area contributed by atoms with Gasteiger partial charge in [-0.15, -0.1) is 0 Å². The van der Waals surface area contributed by atoms with E-state index in [0.717, 1.165) is 11.8 Å². The summed E-state index contributed by atoms with van der Waals surface area (Å²) >= 11 is 0. The van der Waals surface area contributed by atoms with Gasteiger partial charge in [-0.1, -0.05) is 102 Å². The molecule has 0 aliphatic rings. The molecule has 0 aliphatic carbocycles. The van der Waals surface area contributed by atoms with Crippen LogP contribution in [0.1, 0.15) is 97.8 Å². The molecule has 0 unspecified atom stereocenters. The zero-order chi connectivity index (χ0) is 20.4. The van der Waals surface area contributed by atoms with Crippen molar-refractivity contribution in [3.63, 3.8) is 0 Å². The molecule has 25 heavy (non-hydrogen) atoms. The Morgan fingerprint density at radius 1 is 0.760 bits per heavy atom. The maximum atomic E-state index is 9.44. The summed E-state index contributed by atoms with van der Waals surface area (Å²) in [5, 5.41) is 0. The third-order valence-electron chi connectivity index (χ3n) is 2.93. The van der Waals surface area contributed by atoms with Crippen LogP contribution in [-0.4, -0.2) is 5.78 Å². The van der Waals surface area contributed by atoms with E-state index in [9.17, 15) is 4.79 Å².